The average Bonchev–Trinajstić information content (AvgIpc) is 2.77. The molecule has 0 radical (unpaired) electrons. The standard InChI is InChI=1S/C21H31BFNO5/c1-19(2,3)27-18(26)24-12-16(22-28-20(4,5)21(6,7)29-22)10-14-8-9-15(13-25)17(23)11-14/h8-11,25H,12-13H2,1-7H3,(H,24,26). The van der Waals surface area contributed by atoms with Crippen LogP contribution in [0.3, 0.4) is 0 Å². The number of carbonyl (C=O) groups is 1. The van der Waals surface area contributed by atoms with Crippen LogP contribution in [0.5, 0.6) is 0 Å². The minimum atomic E-state index is -0.712. The van der Waals surface area contributed by atoms with Crippen molar-refractivity contribution in [3.8, 4) is 0 Å². The van der Waals surface area contributed by atoms with E-state index in [4.69, 9.17) is 19.2 Å². The first kappa shape index (κ1) is 23.4. The molecule has 1 heterocycles. The maximum absolute atomic E-state index is 14.1. The Hall–Kier alpha value is -1.90. The van der Waals surface area contributed by atoms with Crippen LogP contribution >= 0.6 is 0 Å². The Morgan fingerprint density at radius 3 is 2.31 bits per heavy atom. The van der Waals surface area contributed by atoms with Crippen LogP contribution in [0, 0.1) is 5.82 Å². The van der Waals surface area contributed by atoms with Crippen molar-refractivity contribution in [3.05, 3.63) is 40.6 Å². The van der Waals surface area contributed by atoms with Gasteiger partial charge in [-0.2, -0.15) is 0 Å². The molecule has 160 valence electrons. The summed E-state index contributed by atoms with van der Waals surface area (Å²) in [5, 5.41) is 11.9. The average molecular weight is 407 g/mol. The van der Waals surface area contributed by atoms with Gasteiger partial charge in [0.25, 0.3) is 0 Å². The Morgan fingerprint density at radius 1 is 1.24 bits per heavy atom. The zero-order chi connectivity index (χ0) is 22.0. The molecule has 0 aliphatic carbocycles. The summed E-state index contributed by atoms with van der Waals surface area (Å²) >= 11 is 0. The second-order valence-corrected chi connectivity index (χ2v) is 9.17. The minimum absolute atomic E-state index is 0.106. The predicted molar refractivity (Wildman–Crippen MR) is 111 cm³/mol. The van der Waals surface area contributed by atoms with Gasteiger partial charge in [-0.25, -0.2) is 9.18 Å². The van der Waals surface area contributed by atoms with Crippen molar-refractivity contribution in [1.82, 2.24) is 5.32 Å². The van der Waals surface area contributed by atoms with Gasteiger partial charge in [-0.15, -0.1) is 0 Å². The molecule has 29 heavy (non-hydrogen) atoms. The molecular formula is C21H31BFNO5. The number of hydrogen-bond donors (Lipinski definition) is 2. The van der Waals surface area contributed by atoms with Gasteiger partial charge in [-0.05, 0) is 65.6 Å². The molecule has 1 aromatic carbocycles. The first-order valence-corrected chi connectivity index (χ1v) is 9.66. The van der Waals surface area contributed by atoms with Gasteiger partial charge in [0.15, 0.2) is 0 Å². The SMILES string of the molecule is CC(C)(C)OC(=O)NCC(=Cc1ccc(CO)c(F)c1)B1OC(C)(C)C(C)(C)O1. The Kier molecular flexibility index (Phi) is 6.82. The second-order valence-electron chi connectivity index (χ2n) is 9.17. The molecule has 6 nitrogen and oxygen atoms in total. The molecule has 0 unspecified atom stereocenters. The smallest absolute Gasteiger partial charge is 0.444 e. The lowest BCUT2D eigenvalue weighted by Crippen LogP contribution is -2.41. The highest BCUT2D eigenvalue weighted by Crippen LogP contribution is 2.38. The molecule has 0 aromatic heterocycles. The van der Waals surface area contributed by atoms with Crippen LogP contribution < -0.4 is 5.32 Å². The third-order valence-electron chi connectivity index (χ3n) is 4.99. The number of benzene rings is 1. The number of aliphatic hydroxyl groups excluding tert-OH is 1. The van der Waals surface area contributed by atoms with Gasteiger partial charge in [0.2, 0.25) is 0 Å². The zero-order valence-corrected chi connectivity index (χ0v) is 18.3. The van der Waals surface area contributed by atoms with E-state index in [1.165, 1.54) is 12.1 Å². The van der Waals surface area contributed by atoms with E-state index in [-0.39, 0.29) is 18.7 Å². The number of rotatable bonds is 5. The molecule has 0 atom stereocenters. The number of nitrogens with one attached hydrogen (secondary N) is 1. The van der Waals surface area contributed by atoms with E-state index in [1.807, 2.05) is 27.7 Å². The molecule has 1 amide bonds. The fraction of sp³-hybridized carbons (Fsp3) is 0.571. The van der Waals surface area contributed by atoms with E-state index in [2.05, 4.69) is 5.32 Å². The maximum Gasteiger partial charge on any atom is 0.492 e. The summed E-state index contributed by atoms with van der Waals surface area (Å²) in [6.45, 7) is 12.8. The van der Waals surface area contributed by atoms with E-state index in [0.717, 1.165) is 0 Å². The quantitative estimate of drug-likeness (QED) is 0.725. The number of hydrogen-bond acceptors (Lipinski definition) is 5. The molecule has 1 aliphatic heterocycles. The van der Waals surface area contributed by atoms with Crippen molar-refractivity contribution in [2.45, 2.75) is 71.9 Å². The van der Waals surface area contributed by atoms with Gasteiger partial charge in [0.05, 0.1) is 17.8 Å². The Labute approximate surface area is 172 Å². The summed E-state index contributed by atoms with van der Waals surface area (Å²) < 4.78 is 31.5. The van der Waals surface area contributed by atoms with Crippen LogP contribution in [0.2, 0.25) is 0 Å². The molecule has 8 heteroatoms. The van der Waals surface area contributed by atoms with E-state index < -0.39 is 35.8 Å². The molecular weight excluding hydrogens is 376 g/mol. The van der Waals surface area contributed by atoms with Crippen LogP contribution in [-0.2, 0) is 20.7 Å². The zero-order valence-electron chi connectivity index (χ0n) is 18.3. The number of carbonyl (C=O) groups excluding carboxylic acids is 1. The third kappa shape index (κ3) is 6.04. The van der Waals surface area contributed by atoms with E-state index in [9.17, 15) is 9.18 Å². The highest BCUT2D eigenvalue weighted by molar-refractivity contribution is 6.56. The highest BCUT2D eigenvalue weighted by Gasteiger charge is 2.52. The molecule has 0 saturated carbocycles. The first-order chi connectivity index (χ1) is 13.2. The lowest BCUT2D eigenvalue weighted by Gasteiger charge is -2.32. The van der Waals surface area contributed by atoms with Crippen LogP contribution in [-0.4, -0.2) is 41.7 Å². The Bertz CT molecular complexity index is 770. The highest BCUT2D eigenvalue weighted by atomic mass is 19.1. The van der Waals surface area contributed by atoms with Crippen molar-refractivity contribution >= 4 is 19.3 Å². The fourth-order valence-corrected chi connectivity index (χ4v) is 2.68. The number of alkyl carbamates (subject to hydrolysis) is 1. The van der Waals surface area contributed by atoms with Crippen molar-refractivity contribution < 1.29 is 28.3 Å². The summed E-state index contributed by atoms with van der Waals surface area (Å²) in [4.78, 5) is 12.1. The van der Waals surface area contributed by atoms with Gasteiger partial charge in [0, 0.05) is 12.1 Å². The van der Waals surface area contributed by atoms with Gasteiger partial charge >= 0.3 is 13.2 Å². The van der Waals surface area contributed by atoms with Crippen molar-refractivity contribution in [3.63, 3.8) is 0 Å². The Morgan fingerprint density at radius 2 is 1.83 bits per heavy atom. The van der Waals surface area contributed by atoms with Gasteiger partial charge in [-0.3, -0.25) is 0 Å². The second kappa shape index (κ2) is 8.46. The van der Waals surface area contributed by atoms with Crippen LogP contribution in [0.25, 0.3) is 6.08 Å². The molecule has 1 aliphatic rings. The fourth-order valence-electron chi connectivity index (χ4n) is 2.68. The van der Waals surface area contributed by atoms with Crippen LogP contribution in [0.15, 0.2) is 23.7 Å². The van der Waals surface area contributed by atoms with E-state index in [0.29, 0.717) is 11.0 Å². The molecule has 2 rings (SSSR count). The topological polar surface area (TPSA) is 77.0 Å². The number of aliphatic hydroxyl groups is 1. The predicted octanol–water partition coefficient (Wildman–Crippen LogP) is 3.86. The van der Waals surface area contributed by atoms with Crippen molar-refractivity contribution in [1.29, 1.82) is 0 Å². The lowest BCUT2D eigenvalue weighted by molar-refractivity contribution is 0.00578. The number of amides is 1. The number of halogens is 1. The summed E-state index contributed by atoms with van der Waals surface area (Å²) in [7, 11) is -0.712. The van der Waals surface area contributed by atoms with Gasteiger partial charge in [0.1, 0.15) is 11.4 Å². The van der Waals surface area contributed by atoms with E-state index in [1.54, 1.807) is 32.9 Å². The van der Waals surface area contributed by atoms with Crippen LogP contribution in [0.4, 0.5) is 9.18 Å². The van der Waals surface area contributed by atoms with Gasteiger partial charge < -0.3 is 24.5 Å². The summed E-state index contributed by atoms with van der Waals surface area (Å²) in [5.41, 5.74) is -0.350. The molecule has 0 bridgehead atoms. The molecule has 1 saturated heterocycles. The molecule has 1 fully saturated rings. The summed E-state index contributed by atoms with van der Waals surface area (Å²) in [5.74, 6) is -0.505. The largest absolute Gasteiger partial charge is 0.492 e. The maximum atomic E-state index is 14.1. The number of ether oxygens (including phenoxy) is 1. The monoisotopic (exact) mass is 407 g/mol. The first-order valence-electron chi connectivity index (χ1n) is 9.66. The Balaban J connectivity index is 2.28. The molecule has 0 spiro atoms. The summed E-state index contributed by atoms with van der Waals surface area (Å²) in [6, 6.07) is 4.53. The lowest BCUT2D eigenvalue weighted by atomic mass is 9.77. The third-order valence-corrected chi connectivity index (χ3v) is 4.99. The normalized spacial score (nSPS) is 18.7. The van der Waals surface area contributed by atoms with Gasteiger partial charge in [-0.1, -0.05) is 18.2 Å². The van der Waals surface area contributed by atoms with Crippen LogP contribution in [0.1, 0.15) is 59.6 Å². The van der Waals surface area contributed by atoms with Crippen molar-refractivity contribution in [2.24, 2.45) is 0 Å². The van der Waals surface area contributed by atoms with E-state index >= 15 is 0 Å². The molecule has 1 aromatic rings. The summed E-state index contributed by atoms with van der Waals surface area (Å²) in [6.07, 6.45) is 1.14. The van der Waals surface area contributed by atoms with Crippen molar-refractivity contribution in [2.75, 3.05) is 6.54 Å². The minimum Gasteiger partial charge on any atom is -0.444 e. The molecule has 2 N–H and O–H groups in total.